The quantitative estimate of drug-likeness (QED) is 0.178. The molecule has 0 saturated carbocycles. The summed E-state index contributed by atoms with van der Waals surface area (Å²) in [6.07, 6.45) is 3.47. The number of aliphatic hydroxyl groups excluding tert-OH is 1. The zero-order chi connectivity index (χ0) is 32.1. The lowest BCUT2D eigenvalue weighted by Gasteiger charge is -2.41. The molecule has 1 amide bonds. The maximum Gasteiger partial charge on any atom is 0.303 e. The Kier molecular flexibility index (Phi) is 12.7. The first-order valence-corrected chi connectivity index (χ1v) is 16.6. The summed E-state index contributed by atoms with van der Waals surface area (Å²) in [7, 11) is 0. The molecule has 9 nitrogen and oxygen atoms in total. The second-order valence-electron chi connectivity index (χ2n) is 12.4. The molecule has 2 heterocycles. The molecule has 246 valence electrons. The lowest BCUT2D eigenvalue weighted by atomic mass is 9.99. The largest absolute Gasteiger partial charge is 0.481 e. The summed E-state index contributed by atoms with van der Waals surface area (Å²) in [5.74, 6) is -0.842. The van der Waals surface area contributed by atoms with E-state index >= 15 is 0 Å². The van der Waals surface area contributed by atoms with Crippen LogP contribution in [0.3, 0.4) is 0 Å². The number of nitrogens with zero attached hydrogens (tertiary/aromatic N) is 2. The first-order valence-electron chi connectivity index (χ1n) is 16.6. The predicted molar refractivity (Wildman–Crippen MR) is 177 cm³/mol. The van der Waals surface area contributed by atoms with Crippen LogP contribution in [0, 0.1) is 0 Å². The molecule has 9 heteroatoms. The molecule has 5 rings (SSSR count). The molecule has 0 aliphatic carbocycles. The molecule has 0 radical (unpaired) electrons. The molecule has 0 spiro atoms. The van der Waals surface area contributed by atoms with E-state index in [1.54, 1.807) is 0 Å². The van der Waals surface area contributed by atoms with Crippen LogP contribution >= 0.6 is 0 Å². The van der Waals surface area contributed by atoms with Crippen LogP contribution in [0.25, 0.3) is 0 Å². The standard InChI is InChI=1S/C37H47N3O6/c41-27-29-15-17-30(18-16-29)34-24-33(26-40-21-19-39(20-22-40)25-28-9-4-3-5-10-28)45-37(46-34)31-11-8-12-32(23-31)38-35(42)13-6-1-2-7-14-36(43)44/h3-5,8-12,15-18,23,33-34,37,41H,1-2,6-7,13-14,19-22,24-27H2,(H,38,42)(H,43,44)/t33-,34+,37+/m1/s1. The summed E-state index contributed by atoms with van der Waals surface area (Å²) in [4.78, 5) is 28.3. The fourth-order valence-corrected chi connectivity index (χ4v) is 6.19. The van der Waals surface area contributed by atoms with E-state index < -0.39 is 12.3 Å². The van der Waals surface area contributed by atoms with Gasteiger partial charge in [-0.05, 0) is 41.7 Å². The molecule has 2 aliphatic rings. The summed E-state index contributed by atoms with van der Waals surface area (Å²) in [6.45, 7) is 5.77. The number of aliphatic hydroxyl groups is 1. The number of ether oxygens (including phenoxy) is 2. The average molecular weight is 630 g/mol. The highest BCUT2D eigenvalue weighted by Crippen LogP contribution is 2.38. The van der Waals surface area contributed by atoms with Crippen LogP contribution in [-0.2, 0) is 32.2 Å². The summed E-state index contributed by atoms with van der Waals surface area (Å²) in [5.41, 5.74) is 4.80. The van der Waals surface area contributed by atoms with Crippen molar-refractivity contribution in [2.24, 2.45) is 0 Å². The third-order valence-corrected chi connectivity index (χ3v) is 8.78. The number of anilines is 1. The maximum absolute atomic E-state index is 12.6. The molecule has 46 heavy (non-hydrogen) atoms. The molecular weight excluding hydrogens is 582 g/mol. The highest BCUT2D eigenvalue weighted by atomic mass is 16.7. The number of benzene rings is 3. The highest BCUT2D eigenvalue weighted by molar-refractivity contribution is 5.90. The normalized spacial score (nSPS) is 20.8. The smallest absolute Gasteiger partial charge is 0.303 e. The molecule has 0 bridgehead atoms. The van der Waals surface area contributed by atoms with Crippen molar-refractivity contribution in [3.8, 4) is 0 Å². The van der Waals surface area contributed by atoms with Gasteiger partial charge in [-0.1, -0.05) is 79.6 Å². The number of piperazine rings is 1. The maximum atomic E-state index is 12.6. The van der Waals surface area contributed by atoms with Crippen molar-refractivity contribution in [1.29, 1.82) is 0 Å². The van der Waals surface area contributed by atoms with Crippen molar-refractivity contribution < 1.29 is 29.3 Å². The fourth-order valence-electron chi connectivity index (χ4n) is 6.19. The number of nitrogens with one attached hydrogen (secondary N) is 1. The van der Waals surface area contributed by atoms with E-state index in [9.17, 15) is 14.7 Å². The molecule has 0 unspecified atom stereocenters. The van der Waals surface area contributed by atoms with Gasteiger partial charge < -0.3 is 25.0 Å². The van der Waals surface area contributed by atoms with Gasteiger partial charge in [0.05, 0.1) is 18.8 Å². The minimum absolute atomic E-state index is 0.000347. The van der Waals surface area contributed by atoms with Crippen LogP contribution in [0.5, 0.6) is 0 Å². The topological polar surface area (TPSA) is 112 Å². The van der Waals surface area contributed by atoms with Crippen LogP contribution in [0.15, 0.2) is 78.9 Å². The molecule has 2 saturated heterocycles. The third-order valence-electron chi connectivity index (χ3n) is 8.78. The van der Waals surface area contributed by atoms with Crippen molar-refractivity contribution in [3.05, 3.63) is 101 Å². The van der Waals surface area contributed by atoms with Crippen molar-refractivity contribution in [1.82, 2.24) is 9.80 Å². The number of hydrogen-bond acceptors (Lipinski definition) is 7. The zero-order valence-corrected chi connectivity index (χ0v) is 26.6. The van der Waals surface area contributed by atoms with Crippen LogP contribution in [0.4, 0.5) is 5.69 Å². The number of unbranched alkanes of at least 4 members (excludes halogenated alkanes) is 3. The van der Waals surface area contributed by atoms with Gasteiger partial charge in [-0.25, -0.2) is 0 Å². The van der Waals surface area contributed by atoms with Crippen molar-refractivity contribution in [2.45, 2.75) is 76.6 Å². The molecule has 2 fully saturated rings. The molecular formula is C37H47N3O6. The predicted octanol–water partition coefficient (Wildman–Crippen LogP) is 5.91. The first-order chi connectivity index (χ1) is 22.4. The highest BCUT2D eigenvalue weighted by Gasteiger charge is 2.34. The monoisotopic (exact) mass is 629 g/mol. The zero-order valence-electron chi connectivity index (χ0n) is 26.6. The van der Waals surface area contributed by atoms with E-state index in [2.05, 4.69) is 45.4 Å². The van der Waals surface area contributed by atoms with Crippen molar-refractivity contribution in [3.63, 3.8) is 0 Å². The Morgan fingerprint density at radius 2 is 1.48 bits per heavy atom. The number of carbonyl (C=O) groups is 2. The number of rotatable bonds is 15. The van der Waals surface area contributed by atoms with Crippen molar-refractivity contribution in [2.75, 3.05) is 38.0 Å². The number of carboxylic acid groups (broad SMARTS) is 1. The number of carbonyl (C=O) groups excluding carboxylic acids is 1. The van der Waals surface area contributed by atoms with Crippen LogP contribution in [0.1, 0.15) is 79.6 Å². The summed E-state index contributed by atoms with van der Waals surface area (Å²) in [5, 5.41) is 21.3. The van der Waals surface area contributed by atoms with Crippen molar-refractivity contribution >= 4 is 17.6 Å². The summed E-state index contributed by atoms with van der Waals surface area (Å²) >= 11 is 0. The molecule has 3 aromatic carbocycles. The Balaban J connectivity index is 1.19. The Hall–Kier alpha value is -3.60. The van der Waals surface area contributed by atoms with Gasteiger partial charge in [-0.3, -0.25) is 19.4 Å². The summed E-state index contributed by atoms with van der Waals surface area (Å²) in [6, 6.07) is 26.2. The van der Waals surface area contributed by atoms with Gasteiger partial charge in [0.25, 0.3) is 0 Å². The van der Waals surface area contributed by atoms with Gasteiger partial charge in [0.2, 0.25) is 5.91 Å². The van der Waals surface area contributed by atoms with Gasteiger partial charge in [-0.2, -0.15) is 0 Å². The van der Waals surface area contributed by atoms with E-state index in [1.807, 2.05) is 48.5 Å². The van der Waals surface area contributed by atoms with Gasteiger partial charge in [-0.15, -0.1) is 0 Å². The van der Waals surface area contributed by atoms with Gasteiger partial charge >= 0.3 is 5.97 Å². The second-order valence-corrected chi connectivity index (χ2v) is 12.4. The molecule has 0 aromatic heterocycles. The lowest BCUT2D eigenvalue weighted by molar-refractivity contribution is -0.253. The number of amides is 1. The van der Waals surface area contributed by atoms with E-state index in [1.165, 1.54) is 5.56 Å². The first kappa shape index (κ1) is 33.8. The Labute approximate surface area is 272 Å². The SMILES string of the molecule is O=C(O)CCCCCCC(=O)Nc1cccc([C@H]2O[C@@H](CN3CCN(Cc4ccccc4)CC3)C[C@@H](c3ccc(CO)cc3)O2)c1. The Morgan fingerprint density at radius 1 is 0.761 bits per heavy atom. The van der Waals surface area contributed by atoms with Crippen LogP contribution < -0.4 is 5.32 Å². The summed E-state index contributed by atoms with van der Waals surface area (Å²) < 4.78 is 13.1. The minimum Gasteiger partial charge on any atom is -0.481 e. The second kappa shape index (κ2) is 17.4. The van der Waals surface area contributed by atoms with Gasteiger partial charge in [0.1, 0.15) is 0 Å². The Bertz CT molecular complexity index is 1380. The average Bonchev–Trinajstić information content (AvgIpc) is 3.07. The Morgan fingerprint density at radius 3 is 2.20 bits per heavy atom. The number of hydrogen-bond donors (Lipinski definition) is 3. The van der Waals surface area contributed by atoms with Crippen LogP contribution in [0.2, 0.25) is 0 Å². The lowest BCUT2D eigenvalue weighted by Crippen LogP contribution is -2.49. The molecule has 3 aromatic rings. The minimum atomic E-state index is -0.779. The van der Waals surface area contributed by atoms with Gasteiger partial charge in [0.15, 0.2) is 6.29 Å². The van der Waals surface area contributed by atoms with Gasteiger partial charge in [0, 0.05) is 69.8 Å². The third kappa shape index (κ3) is 10.5. The number of aliphatic carboxylic acids is 1. The van der Waals surface area contributed by atoms with E-state index in [0.29, 0.717) is 18.5 Å². The fraction of sp³-hybridized carbons (Fsp3) is 0.459. The molecule has 3 atom stereocenters. The van der Waals surface area contributed by atoms with E-state index in [0.717, 1.165) is 81.6 Å². The molecule has 2 aliphatic heterocycles. The molecule has 3 N–H and O–H groups in total. The van der Waals surface area contributed by atoms with Crippen LogP contribution in [-0.4, -0.2) is 70.7 Å². The number of carboxylic acids is 1. The van der Waals surface area contributed by atoms with E-state index in [-0.39, 0.29) is 31.1 Å². The van der Waals surface area contributed by atoms with E-state index in [4.69, 9.17) is 14.6 Å².